The minimum Gasteiger partial charge on any atom is -0.495 e. The fraction of sp³-hybridized carbons (Fsp3) is 0.381. The van der Waals surface area contributed by atoms with Crippen LogP contribution in [-0.4, -0.2) is 26.2 Å². The van der Waals surface area contributed by atoms with Gasteiger partial charge in [-0.3, -0.25) is 4.79 Å². The lowest BCUT2D eigenvalue weighted by Crippen LogP contribution is -2.30. The third kappa shape index (κ3) is 5.30. The molecule has 0 aliphatic heterocycles. The molecule has 1 N–H and O–H groups in total. The summed E-state index contributed by atoms with van der Waals surface area (Å²) in [6.07, 6.45) is -0.698. The Kier molecular flexibility index (Phi) is 6.60. The summed E-state index contributed by atoms with van der Waals surface area (Å²) >= 11 is 6.14. The van der Waals surface area contributed by atoms with Gasteiger partial charge < -0.3 is 19.5 Å². The monoisotopic (exact) mass is 391 g/mol. The molecule has 0 fully saturated rings. The summed E-state index contributed by atoms with van der Waals surface area (Å²) in [7, 11) is 3.02. The molecule has 146 valence electrons. The zero-order chi connectivity index (χ0) is 20.2. The Bertz CT molecular complexity index is 797. The Morgan fingerprint density at radius 3 is 2.15 bits per heavy atom. The van der Waals surface area contributed by atoms with Crippen molar-refractivity contribution in [1.29, 1.82) is 0 Å². The summed E-state index contributed by atoms with van der Waals surface area (Å²) in [5, 5.41) is 3.16. The molecule has 0 heterocycles. The van der Waals surface area contributed by atoms with Gasteiger partial charge in [-0.05, 0) is 36.1 Å². The molecule has 0 bridgehead atoms. The van der Waals surface area contributed by atoms with Crippen molar-refractivity contribution in [2.24, 2.45) is 0 Å². The standard InChI is InChI=1S/C21H26ClNO4/c1-13(27-15-9-7-14(8-10-15)21(2,3)4)20(24)23-17-11-16(22)18(25-5)12-19(17)26-6/h7-13H,1-6H3,(H,23,24). The zero-order valence-electron chi connectivity index (χ0n) is 16.6. The number of carbonyl (C=O) groups excluding carboxylic acids is 1. The topological polar surface area (TPSA) is 56.8 Å². The van der Waals surface area contributed by atoms with Gasteiger partial charge in [0.2, 0.25) is 0 Å². The van der Waals surface area contributed by atoms with Gasteiger partial charge in [-0.25, -0.2) is 0 Å². The van der Waals surface area contributed by atoms with Gasteiger partial charge in [0.05, 0.1) is 24.9 Å². The highest BCUT2D eigenvalue weighted by Gasteiger charge is 2.19. The fourth-order valence-electron chi connectivity index (χ4n) is 2.48. The predicted octanol–water partition coefficient (Wildman–Crippen LogP) is 5.06. The van der Waals surface area contributed by atoms with Crippen LogP contribution in [0.5, 0.6) is 17.2 Å². The lowest BCUT2D eigenvalue weighted by Gasteiger charge is -2.20. The molecule has 2 rings (SSSR count). The molecule has 0 saturated carbocycles. The second-order valence-corrected chi connectivity index (χ2v) is 7.62. The van der Waals surface area contributed by atoms with Crippen LogP contribution in [0, 0.1) is 0 Å². The SMILES string of the molecule is COc1cc(OC)c(NC(=O)C(C)Oc2ccc(C(C)(C)C)cc2)cc1Cl. The van der Waals surface area contributed by atoms with Gasteiger partial charge in [0.1, 0.15) is 17.2 Å². The van der Waals surface area contributed by atoms with E-state index in [0.29, 0.717) is 28.0 Å². The highest BCUT2D eigenvalue weighted by Crippen LogP contribution is 2.36. The van der Waals surface area contributed by atoms with Gasteiger partial charge in [-0.15, -0.1) is 0 Å². The van der Waals surface area contributed by atoms with Gasteiger partial charge in [-0.2, -0.15) is 0 Å². The number of halogens is 1. The van der Waals surface area contributed by atoms with Crippen LogP contribution in [0.15, 0.2) is 36.4 Å². The second kappa shape index (κ2) is 8.53. The van der Waals surface area contributed by atoms with E-state index in [1.807, 2.05) is 24.3 Å². The van der Waals surface area contributed by atoms with E-state index in [1.165, 1.54) is 19.8 Å². The summed E-state index contributed by atoms with van der Waals surface area (Å²) in [6.45, 7) is 8.12. The number of rotatable bonds is 6. The Morgan fingerprint density at radius 2 is 1.63 bits per heavy atom. The lowest BCUT2D eigenvalue weighted by molar-refractivity contribution is -0.122. The molecular weight excluding hydrogens is 366 g/mol. The largest absolute Gasteiger partial charge is 0.495 e. The van der Waals surface area contributed by atoms with E-state index in [-0.39, 0.29) is 11.3 Å². The van der Waals surface area contributed by atoms with Crippen molar-refractivity contribution in [2.45, 2.75) is 39.2 Å². The zero-order valence-corrected chi connectivity index (χ0v) is 17.3. The minimum atomic E-state index is -0.698. The second-order valence-electron chi connectivity index (χ2n) is 7.21. The molecule has 0 saturated heterocycles. The van der Waals surface area contributed by atoms with E-state index in [0.717, 1.165) is 0 Å². The number of benzene rings is 2. The van der Waals surface area contributed by atoms with Crippen LogP contribution in [0.25, 0.3) is 0 Å². The third-order valence-corrected chi connectivity index (χ3v) is 4.43. The van der Waals surface area contributed by atoms with E-state index >= 15 is 0 Å². The van der Waals surface area contributed by atoms with E-state index in [4.69, 9.17) is 25.8 Å². The van der Waals surface area contributed by atoms with Crippen molar-refractivity contribution >= 4 is 23.2 Å². The third-order valence-electron chi connectivity index (χ3n) is 4.13. The van der Waals surface area contributed by atoms with Crippen molar-refractivity contribution in [3.05, 3.63) is 47.0 Å². The highest BCUT2D eigenvalue weighted by atomic mass is 35.5. The lowest BCUT2D eigenvalue weighted by atomic mass is 9.87. The van der Waals surface area contributed by atoms with Gasteiger partial charge in [-0.1, -0.05) is 44.5 Å². The fourth-order valence-corrected chi connectivity index (χ4v) is 2.72. The number of nitrogens with one attached hydrogen (secondary N) is 1. The maximum absolute atomic E-state index is 12.5. The number of methoxy groups -OCH3 is 2. The van der Waals surface area contributed by atoms with Crippen molar-refractivity contribution in [3.8, 4) is 17.2 Å². The first-order valence-electron chi connectivity index (χ1n) is 8.65. The van der Waals surface area contributed by atoms with Crippen LogP contribution in [0.1, 0.15) is 33.3 Å². The molecular formula is C21H26ClNO4. The maximum Gasteiger partial charge on any atom is 0.265 e. The van der Waals surface area contributed by atoms with Crippen LogP contribution < -0.4 is 19.5 Å². The summed E-state index contributed by atoms with van der Waals surface area (Å²) in [5.74, 6) is 1.24. The van der Waals surface area contributed by atoms with Gasteiger partial charge >= 0.3 is 0 Å². The molecule has 2 aromatic carbocycles. The Hall–Kier alpha value is -2.40. The van der Waals surface area contributed by atoms with Gasteiger partial charge in [0.25, 0.3) is 5.91 Å². The molecule has 0 aliphatic rings. The van der Waals surface area contributed by atoms with Gasteiger partial charge in [0, 0.05) is 6.07 Å². The number of amides is 1. The molecule has 6 heteroatoms. The number of hydrogen-bond acceptors (Lipinski definition) is 4. The molecule has 0 aromatic heterocycles. The summed E-state index contributed by atoms with van der Waals surface area (Å²) in [4.78, 5) is 12.5. The first-order chi connectivity index (χ1) is 12.7. The normalized spacial score (nSPS) is 12.3. The predicted molar refractivity (Wildman–Crippen MR) is 108 cm³/mol. The van der Waals surface area contributed by atoms with E-state index < -0.39 is 6.10 Å². The minimum absolute atomic E-state index is 0.0612. The average Bonchev–Trinajstić information content (AvgIpc) is 2.61. The van der Waals surface area contributed by atoms with E-state index in [2.05, 4.69) is 26.1 Å². The van der Waals surface area contributed by atoms with Gasteiger partial charge in [0.15, 0.2) is 6.10 Å². The van der Waals surface area contributed by atoms with Crippen LogP contribution in [-0.2, 0) is 10.2 Å². The molecule has 5 nitrogen and oxygen atoms in total. The molecule has 0 aliphatic carbocycles. The van der Waals surface area contributed by atoms with Crippen molar-refractivity contribution in [1.82, 2.24) is 0 Å². The molecule has 1 atom stereocenters. The Balaban J connectivity index is 2.09. The number of hydrogen-bond donors (Lipinski definition) is 1. The van der Waals surface area contributed by atoms with Crippen molar-refractivity contribution in [3.63, 3.8) is 0 Å². The number of ether oxygens (including phenoxy) is 3. The number of anilines is 1. The summed E-state index contributed by atoms with van der Waals surface area (Å²) in [5.41, 5.74) is 1.71. The first kappa shape index (κ1) is 20.9. The Labute approximate surface area is 165 Å². The first-order valence-corrected chi connectivity index (χ1v) is 9.03. The Morgan fingerprint density at radius 1 is 1.04 bits per heavy atom. The number of carbonyl (C=O) groups is 1. The van der Waals surface area contributed by atoms with Crippen LogP contribution >= 0.6 is 11.6 Å². The van der Waals surface area contributed by atoms with E-state index in [9.17, 15) is 4.79 Å². The molecule has 27 heavy (non-hydrogen) atoms. The van der Waals surface area contributed by atoms with Crippen LogP contribution in [0.4, 0.5) is 5.69 Å². The molecule has 0 radical (unpaired) electrons. The van der Waals surface area contributed by atoms with Crippen LogP contribution in [0.2, 0.25) is 5.02 Å². The average molecular weight is 392 g/mol. The van der Waals surface area contributed by atoms with E-state index in [1.54, 1.807) is 19.1 Å². The molecule has 1 unspecified atom stereocenters. The summed E-state index contributed by atoms with van der Waals surface area (Å²) in [6, 6.07) is 11.0. The quantitative estimate of drug-likeness (QED) is 0.747. The molecule has 2 aromatic rings. The molecule has 0 spiro atoms. The highest BCUT2D eigenvalue weighted by molar-refractivity contribution is 6.32. The van der Waals surface area contributed by atoms with Crippen molar-refractivity contribution < 1.29 is 19.0 Å². The molecule has 1 amide bonds. The van der Waals surface area contributed by atoms with Crippen LogP contribution in [0.3, 0.4) is 0 Å². The summed E-state index contributed by atoms with van der Waals surface area (Å²) < 4.78 is 16.2. The van der Waals surface area contributed by atoms with Crippen molar-refractivity contribution in [2.75, 3.05) is 19.5 Å². The smallest absolute Gasteiger partial charge is 0.265 e. The maximum atomic E-state index is 12.5.